The van der Waals surface area contributed by atoms with Crippen LogP contribution >= 0.6 is 0 Å². The highest BCUT2D eigenvalue weighted by atomic mass is 19.1. The summed E-state index contributed by atoms with van der Waals surface area (Å²) >= 11 is 0. The highest BCUT2D eigenvalue weighted by Gasteiger charge is 2.29. The van der Waals surface area contributed by atoms with Crippen LogP contribution in [-0.2, 0) is 4.74 Å². The number of carbonyl (C=O) groups is 1. The van der Waals surface area contributed by atoms with Crippen molar-refractivity contribution in [2.45, 2.75) is 6.10 Å². The Bertz CT molecular complexity index is 394. The molecule has 1 fully saturated rings. The number of cyclic esters (lactones) is 1. The summed E-state index contributed by atoms with van der Waals surface area (Å²) in [5, 5.41) is 2.46. The smallest absolute Gasteiger partial charge is 0.407 e. The highest BCUT2D eigenvalue weighted by molar-refractivity contribution is 5.70. The first-order valence-electron chi connectivity index (χ1n) is 4.49. The van der Waals surface area contributed by atoms with E-state index in [9.17, 15) is 9.18 Å². The van der Waals surface area contributed by atoms with E-state index in [0.29, 0.717) is 5.75 Å². The van der Waals surface area contributed by atoms with Gasteiger partial charge in [-0.1, -0.05) is 6.07 Å². The lowest BCUT2D eigenvalue weighted by Gasteiger charge is -2.13. The molecule has 1 saturated heterocycles. The zero-order chi connectivity index (χ0) is 10.8. The molecule has 2 rings (SSSR count). The second-order valence-corrected chi connectivity index (χ2v) is 3.13. The monoisotopic (exact) mass is 211 g/mol. The van der Waals surface area contributed by atoms with Crippen LogP contribution in [0.15, 0.2) is 18.2 Å². The first kappa shape index (κ1) is 9.76. The van der Waals surface area contributed by atoms with Gasteiger partial charge in [0.05, 0.1) is 19.2 Å². The molecule has 1 aromatic carbocycles. The number of alkyl carbamates (subject to hydrolysis) is 1. The average Bonchev–Trinajstić information content (AvgIpc) is 2.64. The van der Waals surface area contributed by atoms with Crippen LogP contribution < -0.4 is 10.1 Å². The van der Waals surface area contributed by atoms with E-state index >= 15 is 0 Å². The van der Waals surface area contributed by atoms with Crippen LogP contribution in [0.3, 0.4) is 0 Å². The second-order valence-electron chi connectivity index (χ2n) is 3.13. The van der Waals surface area contributed by atoms with Gasteiger partial charge in [0.2, 0.25) is 0 Å². The number of methoxy groups -OCH3 is 1. The van der Waals surface area contributed by atoms with Gasteiger partial charge in [-0.25, -0.2) is 9.18 Å². The van der Waals surface area contributed by atoms with Gasteiger partial charge in [-0.3, -0.25) is 0 Å². The average molecular weight is 211 g/mol. The minimum absolute atomic E-state index is 0.260. The molecule has 1 aromatic rings. The third-order valence-electron chi connectivity index (χ3n) is 2.24. The summed E-state index contributed by atoms with van der Waals surface area (Å²) in [6, 6.07) is 4.48. The van der Waals surface area contributed by atoms with Crippen molar-refractivity contribution in [1.29, 1.82) is 0 Å². The molecule has 1 aliphatic heterocycles. The van der Waals surface area contributed by atoms with E-state index < -0.39 is 18.0 Å². The Balaban J connectivity index is 2.37. The van der Waals surface area contributed by atoms with Gasteiger partial charge < -0.3 is 14.8 Å². The molecule has 0 spiro atoms. The summed E-state index contributed by atoms with van der Waals surface area (Å²) in [5.41, 5.74) is 0.276. The van der Waals surface area contributed by atoms with E-state index in [-0.39, 0.29) is 12.1 Å². The van der Waals surface area contributed by atoms with Crippen LogP contribution in [0.5, 0.6) is 5.75 Å². The summed E-state index contributed by atoms with van der Waals surface area (Å²) < 4.78 is 23.4. The third-order valence-corrected chi connectivity index (χ3v) is 2.24. The number of carbonyl (C=O) groups excluding carboxylic acids is 1. The predicted octanol–water partition coefficient (Wildman–Crippen LogP) is 1.62. The van der Waals surface area contributed by atoms with Gasteiger partial charge in [0.15, 0.2) is 6.10 Å². The molecule has 0 bridgehead atoms. The van der Waals surface area contributed by atoms with Crippen molar-refractivity contribution >= 4 is 6.09 Å². The van der Waals surface area contributed by atoms with Crippen LogP contribution in [0.4, 0.5) is 9.18 Å². The SMILES string of the molecule is COc1cccc(F)c1C1CNC(=O)O1. The summed E-state index contributed by atoms with van der Waals surface area (Å²) in [7, 11) is 1.45. The van der Waals surface area contributed by atoms with E-state index in [0.717, 1.165) is 0 Å². The maximum Gasteiger partial charge on any atom is 0.407 e. The molecule has 4 nitrogen and oxygen atoms in total. The summed E-state index contributed by atoms with van der Waals surface area (Å²) in [5.74, 6) is -0.0487. The lowest BCUT2D eigenvalue weighted by Crippen LogP contribution is -2.12. The van der Waals surface area contributed by atoms with E-state index in [2.05, 4.69) is 5.32 Å². The van der Waals surface area contributed by atoms with Crippen LogP contribution in [0.2, 0.25) is 0 Å². The standard InChI is InChI=1S/C10H10FNO3/c1-14-7-4-2-3-6(11)9(7)8-5-12-10(13)15-8/h2-4,8H,5H2,1H3,(H,12,13). The Hall–Kier alpha value is -1.78. The first-order valence-corrected chi connectivity index (χ1v) is 4.49. The molecule has 0 saturated carbocycles. The molecule has 1 N–H and O–H groups in total. The number of nitrogens with one attached hydrogen (secondary N) is 1. The molecule has 1 unspecified atom stereocenters. The molecule has 5 heteroatoms. The van der Waals surface area contributed by atoms with Crippen LogP contribution in [0.1, 0.15) is 11.7 Å². The van der Waals surface area contributed by atoms with Gasteiger partial charge in [0.1, 0.15) is 11.6 Å². The zero-order valence-corrected chi connectivity index (χ0v) is 8.12. The lowest BCUT2D eigenvalue weighted by atomic mass is 10.1. The van der Waals surface area contributed by atoms with E-state index in [1.807, 2.05) is 0 Å². The van der Waals surface area contributed by atoms with Gasteiger partial charge in [0.25, 0.3) is 0 Å². The van der Waals surface area contributed by atoms with Gasteiger partial charge in [-0.2, -0.15) is 0 Å². The Morgan fingerprint density at radius 1 is 1.60 bits per heavy atom. The van der Waals surface area contributed by atoms with Crippen molar-refractivity contribution in [3.8, 4) is 5.75 Å². The normalized spacial score (nSPS) is 19.6. The maximum absolute atomic E-state index is 13.5. The Morgan fingerprint density at radius 3 is 3.00 bits per heavy atom. The number of hydrogen-bond acceptors (Lipinski definition) is 3. The third kappa shape index (κ3) is 1.72. The molecular formula is C10H10FNO3. The van der Waals surface area contributed by atoms with Crippen molar-refractivity contribution in [2.24, 2.45) is 0 Å². The van der Waals surface area contributed by atoms with Crippen molar-refractivity contribution in [2.75, 3.05) is 13.7 Å². The van der Waals surface area contributed by atoms with Gasteiger partial charge in [-0.15, -0.1) is 0 Å². The molecule has 1 aliphatic rings. The Kier molecular flexibility index (Phi) is 2.45. The lowest BCUT2D eigenvalue weighted by molar-refractivity contribution is 0.137. The fraction of sp³-hybridized carbons (Fsp3) is 0.300. The summed E-state index contributed by atoms with van der Waals surface area (Å²) in [6.07, 6.45) is -1.15. The largest absolute Gasteiger partial charge is 0.496 e. The van der Waals surface area contributed by atoms with E-state index in [1.54, 1.807) is 12.1 Å². The highest BCUT2D eigenvalue weighted by Crippen LogP contribution is 2.31. The van der Waals surface area contributed by atoms with Crippen molar-refractivity contribution in [3.05, 3.63) is 29.6 Å². The summed E-state index contributed by atoms with van der Waals surface area (Å²) in [6.45, 7) is 0.260. The zero-order valence-electron chi connectivity index (χ0n) is 8.12. The van der Waals surface area contributed by atoms with Gasteiger partial charge in [-0.05, 0) is 12.1 Å². The minimum atomic E-state index is -0.617. The van der Waals surface area contributed by atoms with E-state index in [1.165, 1.54) is 13.2 Å². The Labute approximate surface area is 86.0 Å². The number of amides is 1. The number of ether oxygens (including phenoxy) is 2. The van der Waals surface area contributed by atoms with Crippen LogP contribution in [-0.4, -0.2) is 19.7 Å². The second kappa shape index (κ2) is 3.76. The molecule has 1 amide bonds. The summed E-state index contributed by atoms with van der Waals surface area (Å²) in [4.78, 5) is 10.8. The number of hydrogen-bond donors (Lipinski definition) is 1. The topological polar surface area (TPSA) is 47.6 Å². The molecular weight excluding hydrogens is 201 g/mol. The Morgan fingerprint density at radius 2 is 2.40 bits per heavy atom. The van der Waals surface area contributed by atoms with Gasteiger partial charge in [0, 0.05) is 0 Å². The van der Waals surface area contributed by atoms with Crippen molar-refractivity contribution in [3.63, 3.8) is 0 Å². The van der Waals surface area contributed by atoms with Crippen molar-refractivity contribution < 1.29 is 18.7 Å². The minimum Gasteiger partial charge on any atom is -0.496 e. The molecule has 0 aromatic heterocycles. The molecule has 15 heavy (non-hydrogen) atoms. The number of rotatable bonds is 2. The molecule has 80 valence electrons. The van der Waals surface area contributed by atoms with Crippen LogP contribution in [0, 0.1) is 5.82 Å². The van der Waals surface area contributed by atoms with Gasteiger partial charge >= 0.3 is 6.09 Å². The number of benzene rings is 1. The fourth-order valence-electron chi connectivity index (χ4n) is 1.56. The van der Waals surface area contributed by atoms with E-state index in [4.69, 9.17) is 9.47 Å². The molecule has 1 atom stereocenters. The van der Waals surface area contributed by atoms with Crippen LogP contribution in [0.25, 0.3) is 0 Å². The number of halogens is 1. The molecule has 0 radical (unpaired) electrons. The quantitative estimate of drug-likeness (QED) is 0.808. The molecule has 1 heterocycles. The molecule has 0 aliphatic carbocycles. The van der Waals surface area contributed by atoms with Crippen molar-refractivity contribution in [1.82, 2.24) is 5.32 Å². The predicted molar refractivity (Wildman–Crippen MR) is 50.2 cm³/mol. The maximum atomic E-state index is 13.5. The first-order chi connectivity index (χ1) is 7.22. The fourth-order valence-corrected chi connectivity index (χ4v) is 1.56.